The molecule has 0 N–H and O–H groups in total. The van der Waals surface area contributed by atoms with Gasteiger partial charge in [0.25, 0.3) is 0 Å². The van der Waals surface area contributed by atoms with Crippen LogP contribution in [0.3, 0.4) is 0 Å². The summed E-state index contributed by atoms with van der Waals surface area (Å²) in [6, 6.07) is 29.2. The third-order valence-corrected chi connectivity index (χ3v) is 5.06. The lowest BCUT2D eigenvalue weighted by Crippen LogP contribution is -2.01. The van der Waals surface area contributed by atoms with Gasteiger partial charge in [0.1, 0.15) is 0 Å². The van der Waals surface area contributed by atoms with E-state index >= 15 is 0 Å². The maximum Gasteiger partial charge on any atom is 0.168 e. The van der Waals surface area contributed by atoms with E-state index in [0.29, 0.717) is 5.92 Å². The van der Waals surface area contributed by atoms with Crippen molar-refractivity contribution in [3.8, 4) is 28.5 Å². The fraction of sp³-hybridized carbons (Fsp3) is 0.167. The van der Waals surface area contributed by atoms with Crippen LogP contribution in [0, 0.1) is 0 Å². The molecule has 27 heavy (non-hydrogen) atoms. The molecule has 0 aliphatic heterocycles. The quantitative estimate of drug-likeness (QED) is 0.433. The molecular weight excluding hydrogens is 330 g/mol. The minimum absolute atomic E-state index is 0.558. The van der Waals surface area contributed by atoms with Gasteiger partial charge in [0.05, 0.1) is 0 Å². The fourth-order valence-corrected chi connectivity index (χ4v) is 3.26. The Morgan fingerprint density at radius 2 is 1.19 bits per heavy atom. The number of aromatic nitrogens is 3. The highest BCUT2D eigenvalue weighted by molar-refractivity contribution is 5.66. The zero-order valence-electron chi connectivity index (χ0n) is 15.7. The maximum atomic E-state index is 4.53. The van der Waals surface area contributed by atoms with Crippen molar-refractivity contribution in [2.75, 3.05) is 0 Å². The monoisotopic (exact) mass is 353 g/mol. The van der Waals surface area contributed by atoms with Gasteiger partial charge in [0, 0.05) is 16.8 Å². The van der Waals surface area contributed by atoms with Gasteiger partial charge in [-0.15, -0.1) is 10.2 Å². The molecule has 0 aliphatic rings. The normalized spacial score (nSPS) is 12.1. The van der Waals surface area contributed by atoms with Gasteiger partial charge in [-0.2, -0.15) is 0 Å². The predicted octanol–water partition coefficient (Wildman–Crippen LogP) is 6.11. The Morgan fingerprint density at radius 3 is 1.63 bits per heavy atom. The molecule has 1 atom stereocenters. The highest BCUT2D eigenvalue weighted by Gasteiger charge is 2.17. The summed E-state index contributed by atoms with van der Waals surface area (Å²) >= 11 is 0. The number of hydrogen-bond acceptors (Lipinski definition) is 2. The predicted molar refractivity (Wildman–Crippen MR) is 111 cm³/mol. The topological polar surface area (TPSA) is 30.7 Å². The summed E-state index contributed by atoms with van der Waals surface area (Å²) in [4.78, 5) is 0. The third kappa shape index (κ3) is 3.41. The number of rotatable bonds is 5. The van der Waals surface area contributed by atoms with Crippen LogP contribution in [0.2, 0.25) is 0 Å². The molecular formula is C24H23N3. The van der Waals surface area contributed by atoms with Crippen molar-refractivity contribution in [2.45, 2.75) is 26.2 Å². The second kappa shape index (κ2) is 7.58. The molecule has 3 heteroatoms. The van der Waals surface area contributed by atoms with Gasteiger partial charge in [-0.05, 0) is 30.0 Å². The summed E-state index contributed by atoms with van der Waals surface area (Å²) < 4.78 is 2.14. The van der Waals surface area contributed by atoms with E-state index in [-0.39, 0.29) is 0 Å². The second-order valence-electron chi connectivity index (χ2n) is 6.82. The van der Waals surface area contributed by atoms with Crippen LogP contribution in [0.1, 0.15) is 31.7 Å². The van der Waals surface area contributed by atoms with E-state index in [1.807, 2.05) is 36.4 Å². The molecule has 1 heterocycles. The molecule has 3 aromatic carbocycles. The Morgan fingerprint density at radius 1 is 0.704 bits per heavy atom. The maximum absolute atomic E-state index is 4.53. The van der Waals surface area contributed by atoms with Crippen molar-refractivity contribution in [2.24, 2.45) is 0 Å². The molecule has 0 fully saturated rings. The fourth-order valence-electron chi connectivity index (χ4n) is 3.26. The van der Waals surface area contributed by atoms with E-state index in [4.69, 9.17) is 0 Å². The average molecular weight is 353 g/mol. The molecule has 0 aliphatic carbocycles. The zero-order chi connectivity index (χ0) is 18.6. The van der Waals surface area contributed by atoms with Crippen molar-refractivity contribution < 1.29 is 0 Å². The summed E-state index contributed by atoms with van der Waals surface area (Å²) in [7, 11) is 0. The van der Waals surface area contributed by atoms with Crippen molar-refractivity contribution in [1.29, 1.82) is 0 Å². The van der Waals surface area contributed by atoms with E-state index in [9.17, 15) is 0 Å². The van der Waals surface area contributed by atoms with Crippen LogP contribution < -0.4 is 0 Å². The van der Waals surface area contributed by atoms with Crippen molar-refractivity contribution in [1.82, 2.24) is 14.8 Å². The Hall–Kier alpha value is -3.20. The molecule has 4 rings (SSSR count). The zero-order valence-corrected chi connectivity index (χ0v) is 15.7. The van der Waals surface area contributed by atoms with E-state index in [2.05, 4.69) is 77.1 Å². The molecule has 0 bridgehead atoms. The Kier molecular flexibility index (Phi) is 4.84. The average Bonchev–Trinajstić information content (AvgIpc) is 3.20. The molecule has 1 aromatic heterocycles. The molecule has 4 aromatic rings. The lowest BCUT2D eigenvalue weighted by molar-refractivity contribution is 0.733. The molecule has 0 spiro atoms. The lowest BCUT2D eigenvalue weighted by atomic mass is 9.98. The first-order chi connectivity index (χ1) is 13.3. The van der Waals surface area contributed by atoms with Gasteiger partial charge in [0.2, 0.25) is 0 Å². The summed E-state index contributed by atoms with van der Waals surface area (Å²) in [5.41, 5.74) is 4.54. The standard InChI is InChI=1S/C24H23N3/c1-3-18(2)19-14-16-22(17-15-19)27-23(20-10-6-4-7-11-20)25-26-24(27)21-12-8-5-9-13-21/h4-18H,3H2,1-2H3. The molecule has 0 radical (unpaired) electrons. The largest absolute Gasteiger partial charge is 0.275 e. The third-order valence-electron chi connectivity index (χ3n) is 5.06. The minimum atomic E-state index is 0.558. The first kappa shape index (κ1) is 17.2. The van der Waals surface area contributed by atoms with Crippen LogP contribution in [0.4, 0.5) is 0 Å². The van der Waals surface area contributed by atoms with E-state index in [1.165, 1.54) is 5.56 Å². The summed E-state index contributed by atoms with van der Waals surface area (Å²) in [5, 5.41) is 9.05. The van der Waals surface area contributed by atoms with Gasteiger partial charge >= 0.3 is 0 Å². The lowest BCUT2D eigenvalue weighted by Gasteiger charge is -2.13. The number of nitrogens with zero attached hydrogens (tertiary/aromatic N) is 3. The first-order valence-corrected chi connectivity index (χ1v) is 9.44. The van der Waals surface area contributed by atoms with Gasteiger partial charge in [0.15, 0.2) is 11.6 Å². The summed E-state index contributed by atoms with van der Waals surface area (Å²) in [6.07, 6.45) is 1.14. The summed E-state index contributed by atoms with van der Waals surface area (Å²) in [6.45, 7) is 4.48. The molecule has 0 saturated heterocycles. The SMILES string of the molecule is CCC(C)c1ccc(-n2c(-c3ccccc3)nnc2-c2ccccc2)cc1. The van der Waals surface area contributed by atoms with Gasteiger partial charge in [-0.1, -0.05) is 86.6 Å². The van der Waals surface area contributed by atoms with E-state index < -0.39 is 0 Å². The van der Waals surface area contributed by atoms with Crippen LogP contribution in [-0.4, -0.2) is 14.8 Å². The van der Waals surface area contributed by atoms with Gasteiger partial charge < -0.3 is 0 Å². The highest BCUT2D eigenvalue weighted by Crippen LogP contribution is 2.29. The molecule has 0 saturated carbocycles. The molecule has 134 valence electrons. The van der Waals surface area contributed by atoms with Gasteiger partial charge in [-0.25, -0.2) is 0 Å². The number of hydrogen-bond donors (Lipinski definition) is 0. The van der Waals surface area contributed by atoms with Crippen molar-refractivity contribution >= 4 is 0 Å². The minimum Gasteiger partial charge on any atom is -0.275 e. The smallest absolute Gasteiger partial charge is 0.168 e. The Balaban J connectivity index is 1.88. The van der Waals surface area contributed by atoms with E-state index in [1.54, 1.807) is 0 Å². The Bertz CT molecular complexity index is 946. The number of benzene rings is 3. The molecule has 3 nitrogen and oxygen atoms in total. The second-order valence-corrected chi connectivity index (χ2v) is 6.82. The van der Waals surface area contributed by atoms with E-state index in [0.717, 1.165) is 34.9 Å². The van der Waals surface area contributed by atoms with Crippen molar-refractivity contribution in [3.05, 3.63) is 90.5 Å². The first-order valence-electron chi connectivity index (χ1n) is 9.44. The van der Waals surface area contributed by atoms with Crippen LogP contribution in [0.15, 0.2) is 84.9 Å². The Labute approximate surface area is 160 Å². The summed E-state index contributed by atoms with van der Waals surface area (Å²) in [5.74, 6) is 2.26. The van der Waals surface area contributed by atoms with Crippen molar-refractivity contribution in [3.63, 3.8) is 0 Å². The highest BCUT2D eigenvalue weighted by atomic mass is 15.3. The van der Waals surface area contributed by atoms with Crippen LogP contribution >= 0.6 is 0 Å². The molecule has 1 unspecified atom stereocenters. The van der Waals surface area contributed by atoms with Gasteiger partial charge in [-0.3, -0.25) is 4.57 Å². The molecule has 0 amide bonds. The van der Waals surface area contributed by atoms with Crippen LogP contribution in [0.5, 0.6) is 0 Å². The van der Waals surface area contributed by atoms with Crippen LogP contribution in [0.25, 0.3) is 28.5 Å². The van der Waals surface area contributed by atoms with Crippen LogP contribution in [-0.2, 0) is 0 Å².